The Balaban J connectivity index is 3.86. The van der Waals surface area contributed by atoms with Crippen LogP contribution in [0.4, 0.5) is 0 Å². The molecule has 0 unspecified atom stereocenters. The summed E-state index contributed by atoms with van der Waals surface area (Å²) < 4.78 is 0. The van der Waals surface area contributed by atoms with Gasteiger partial charge in [-0.05, 0) is 21.1 Å². The lowest BCUT2D eigenvalue weighted by atomic mass is 10.3. The van der Waals surface area contributed by atoms with Gasteiger partial charge in [-0.3, -0.25) is 9.69 Å². The van der Waals surface area contributed by atoms with Crippen LogP contribution < -0.4 is 5.73 Å². The minimum absolute atomic E-state index is 0.0995. The number of likely N-dealkylation sites (N-methyl/N-ethyl adjacent to an activating group) is 3. The summed E-state index contributed by atoms with van der Waals surface area (Å²) in [5, 5.41) is 0. The maximum atomic E-state index is 11.8. The Labute approximate surface area is 110 Å². The zero-order valence-electron chi connectivity index (χ0n) is 11.3. The monoisotopic (exact) mass is 260 g/mol. The summed E-state index contributed by atoms with van der Waals surface area (Å²) in [6.45, 7) is 2.85. The van der Waals surface area contributed by atoms with Crippen molar-refractivity contribution in [2.45, 2.75) is 6.42 Å². The first-order chi connectivity index (χ1) is 7.82. The van der Waals surface area contributed by atoms with E-state index in [0.29, 0.717) is 24.5 Å². The van der Waals surface area contributed by atoms with Gasteiger partial charge in [0.15, 0.2) is 0 Å². The number of nitrogens with zero attached hydrogens (tertiary/aromatic N) is 3. The molecule has 100 valence electrons. The van der Waals surface area contributed by atoms with E-state index in [1.165, 1.54) is 0 Å². The summed E-state index contributed by atoms with van der Waals surface area (Å²) in [6, 6.07) is 0. The van der Waals surface area contributed by atoms with Crippen molar-refractivity contribution in [3.8, 4) is 0 Å². The normalized spacial score (nSPS) is 10.9. The summed E-state index contributed by atoms with van der Waals surface area (Å²) in [5.41, 5.74) is 5.40. The molecule has 0 aliphatic heterocycles. The zero-order chi connectivity index (χ0) is 13.4. The number of thiocarbonyl (C=S) groups is 1. The molecule has 2 N–H and O–H groups in total. The van der Waals surface area contributed by atoms with Crippen molar-refractivity contribution in [2.75, 3.05) is 54.4 Å². The van der Waals surface area contributed by atoms with Gasteiger partial charge in [-0.15, -0.1) is 0 Å². The molecule has 0 aliphatic rings. The first-order valence-electron chi connectivity index (χ1n) is 5.68. The van der Waals surface area contributed by atoms with Gasteiger partial charge in [-0.25, -0.2) is 0 Å². The fourth-order valence-corrected chi connectivity index (χ4v) is 1.30. The van der Waals surface area contributed by atoms with E-state index in [9.17, 15) is 4.79 Å². The molecule has 0 aromatic rings. The van der Waals surface area contributed by atoms with E-state index in [0.717, 1.165) is 13.1 Å². The van der Waals surface area contributed by atoms with Gasteiger partial charge in [-0.2, -0.15) is 0 Å². The van der Waals surface area contributed by atoms with E-state index in [1.807, 2.05) is 26.0 Å². The van der Waals surface area contributed by atoms with E-state index in [1.54, 1.807) is 11.9 Å². The Morgan fingerprint density at radius 1 is 1.12 bits per heavy atom. The highest BCUT2D eigenvalue weighted by Gasteiger charge is 2.11. The second-order valence-electron chi connectivity index (χ2n) is 4.57. The van der Waals surface area contributed by atoms with Crippen molar-refractivity contribution in [2.24, 2.45) is 5.73 Å². The lowest BCUT2D eigenvalue weighted by molar-refractivity contribution is -0.130. The van der Waals surface area contributed by atoms with Crippen molar-refractivity contribution in [1.29, 1.82) is 0 Å². The molecule has 0 fully saturated rings. The highest BCUT2D eigenvalue weighted by molar-refractivity contribution is 7.80. The van der Waals surface area contributed by atoms with Crippen LogP contribution in [0.5, 0.6) is 0 Å². The zero-order valence-corrected chi connectivity index (χ0v) is 12.1. The molecular weight excluding hydrogens is 236 g/mol. The van der Waals surface area contributed by atoms with Crippen LogP contribution in [0.25, 0.3) is 0 Å². The summed E-state index contributed by atoms with van der Waals surface area (Å²) in [4.78, 5) is 18.0. The van der Waals surface area contributed by atoms with E-state index >= 15 is 0 Å². The molecule has 0 saturated heterocycles. The van der Waals surface area contributed by atoms with Crippen LogP contribution in [0.2, 0.25) is 0 Å². The first kappa shape index (κ1) is 16.3. The quantitative estimate of drug-likeness (QED) is 0.603. The number of carbonyl (C=O) groups excluding carboxylic acids is 1. The van der Waals surface area contributed by atoms with Crippen molar-refractivity contribution in [3.63, 3.8) is 0 Å². The van der Waals surface area contributed by atoms with Crippen molar-refractivity contribution in [3.05, 3.63) is 0 Å². The second kappa shape index (κ2) is 8.38. The van der Waals surface area contributed by atoms with Crippen LogP contribution >= 0.6 is 12.2 Å². The summed E-state index contributed by atoms with van der Waals surface area (Å²) in [7, 11) is 7.76. The average Bonchev–Trinajstić information content (AvgIpc) is 2.22. The predicted octanol–water partition coefficient (Wildman–Crippen LogP) is -0.386. The molecule has 0 radical (unpaired) electrons. The third-order valence-electron chi connectivity index (χ3n) is 2.45. The number of hydrogen-bond donors (Lipinski definition) is 1. The molecule has 0 rings (SSSR count). The lowest BCUT2D eigenvalue weighted by Crippen LogP contribution is -2.39. The van der Waals surface area contributed by atoms with Crippen LogP contribution in [-0.4, -0.2) is 80.0 Å². The van der Waals surface area contributed by atoms with E-state index in [-0.39, 0.29) is 5.91 Å². The van der Waals surface area contributed by atoms with Crippen molar-refractivity contribution in [1.82, 2.24) is 14.7 Å². The summed E-state index contributed by atoms with van der Waals surface area (Å²) >= 11 is 4.78. The van der Waals surface area contributed by atoms with Crippen LogP contribution in [0.15, 0.2) is 0 Å². The van der Waals surface area contributed by atoms with Crippen molar-refractivity contribution >= 4 is 23.1 Å². The number of rotatable bonds is 8. The Hall–Kier alpha value is -0.720. The average molecular weight is 260 g/mol. The molecule has 1 amide bonds. The van der Waals surface area contributed by atoms with E-state index in [2.05, 4.69) is 4.90 Å². The second-order valence-corrected chi connectivity index (χ2v) is 5.10. The Bertz CT molecular complexity index is 258. The molecule has 6 heteroatoms. The summed E-state index contributed by atoms with van der Waals surface area (Å²) in [6.07, 6.45) is 0.582. The molecule has 5 nitrogen and oxygen atoms in total. The van der Waals surface area contributed by atoms with Crippen LogP contribution in [0, 0.1) is 0 Å². The Morgan fingerprint density at radius 3 is 2.18 bits per heavy atom. The topological polar surface area (TPSA) is 52.8 Å². The minimum atomic E-state index is 0.0995. The van der Waals surface area contributed by atoms with Gasteiger partial charge in [0.05, 0.1) is 11.5 Å². The number of carbonyl (C=O) groups is 1. The van der Waals surface area contributed by atoms with Gasteiger partial charge in [0, 0.05) is 33.1 Å². The highest BCUT2D eigenvalue weighted by atomic mass is 32.1. The smallest absolute Gasteiger partial charge is 0.236 e. The molecule has 0 atom stereocenters. The van der Waals surface area contributed by atoms with Gasteiger partial charge in [0.25, 0.3) is 0 Å². The highest BCUT2D eigenvalue weighted by Crippen LogP contribution is 1.92. The molecule has 0 saturated carbocycles. The summed E-state index contributed by atoms with van der Waals surface area (Å²) in [5.74, 6) is 0.0995. The molecule has 0 heterocycles. The van der Waals surface area contributed by atoms with Gasteiger partial charge in [0.2, 0.25) is 5.91 Å². The third kappa shape index (κ3) is 9.02. The number of nitrogens with two attached hydrogens (primary N) is 1. The minimum Gasteiger partial charge on any atom is -0.393 e. The van der Waals surface area contributed by atoms with Crippen LogP contribution in [0.1, 0.15) is 6.42 Å². The lowest BCUT2D eigenvalue weighted by Gasteiger charge is -2.22. The molecule has 0 spiro atoms. The fraction of sp³-hybridized carbons (Fsp3) is 0.818. The van der Waals surface area contributed by atoms with Gasteiger partial charge in [0.1, 0.15) is 0 Å². The SMILES string of the molecule is CN(C)CCN(C)CC(=O)N(C)CCC(N)=S. The number of amides is 1. The molecular formula is C11H24N4OS. The standard InChI is InChI=1S/C11H24N4OS/c1-13(2)7-8-14(3)9-11(16)15(4)6-5-10(12)17/h5-9H2,1-4H3,(H2,12,17). The first-order valence-corrected chi connectivity index (χ1v) is 6.09. The Morgan fingerprint density at radius 2 is 1.71 bits per heavy atom. The van der Waals surface area contributed by atoms with Gasteiger partial charge in [-0.1, -0.05) is 12.2 Å². The van der Waals surface area contributed by atoms with Gasteiger partial charge < -0.3 is 15.5 Å². The van der Waals surface area contributed by atoms with Gasteiger partial charge >= 0.3 is 0 Å². The van der Waals surface area contributed by atoms with Crippen LogP contribution in [0.3, 0.4) is 0 Å². The van der Waals surface area contributed by atoms with E-state index in [4.69, 9.17) is 18.0 Å². The molecule has 0 aromatic carbocycles. The molecule has 0 bridgehead atoms. The van der Waals surface area contributed by atoms with Crippen molar-refractivity contribution < 1.29 is 4.79 Å². The fourth-order valence-electron chi connectivity index (χ4n) is 1.20. The molecule has 17 heavy (non-hydrogen) atoms. The van der Waals surface area contributed by atoms with E-state index < -0.39 is 0 Å². The number of hydrogen-bond acceptors (Lipinski definition) is 4. The predicted molar refractivity (Wildman–Crippen MR) is 75.1 cm³/mol. The maximum Gasteiger partial charge on any atom is 0.236 e. The Kier molecular flexibility index (Phi) is 8.03. The largest absolute Gasteiger partial charge is 0.393 e. The maximum absolute atomic E-state index is 11.8. The molecule has 0 aliphatic carbocycles. The van der Waals surface area contributed by atoms with Crippen LogP contribution in [-0.2, 0) is 4.79 Å². The molecule has 0 aromatic heterocycles. The third-order valence-corrected chi connectivity index (χ3v) is 2.66.